The normalized spacial score (nSPS) is 14.7. The van der Waals surface area contributed by atoms with Crippen LogP contribution in [0.3, 0.4) is 0 Å². The van der Waals surface area contributed by atoms with Crippen LogP contribution < -0.4 is 15.0 Å². The minimum atomic E-state index is -0.478. The Labute approximate surface area is 163 Å². The number of amides is 4. The Morgan fingerprint density at radius 3 is 2.24 bits per heavy atom. The molecule has 0 spiro atoms. The van der Waals surface area contributed by atoms with Gasteiger partial charge >= 0.3 is 0 Å². The molecule has 2 aliphatic heterocycles. The fourth-order valence-corrected chi connectivity index (χ4v) is 3.31. The first-order chi connectivity index (χ1) is 14.0. The molecule has 0 saturated carbocycles. The number of aromatic nitrogens is 1. The van der Waals surface area contributed by atoms with Crippen LogP contribution in [-0.2, 0) is 0 Å². The zero-order valence-electron chi connectivity index (χ0n) is 14.7. The smallest absolute Gasteiger partial charge is 0.284 e. The summed E-state index contributed by atoms with van der Waals surface area (Å²) in [6.07, 6.45) is 1.47. The van der Waals surface area contributed by atoms with Gasteiger partial charge in [-0.15, -0.1) is 0 Å². The number of hydrogen-bond donors (Lipinski definition) is 1. The highest BCUT2D eigenvalue weighted by Gasteiger charge is 2.37. The summed E-state index contributed by atoms with van der Waals surface area (Å²) in [7, 11) is 0. The summed E-state index contributed by atoms with van der Waals surface area (Å²) in [5, 5.41) is 2.22. The van der Waals surface area contributed by atoms with Gasteiger partial charge in [0.25, 0.3) is 23.6 Å². The summed E-state index contributed by atoms with van der Waals surface area (Å²) in [5.41, 5.74) is 1.34. The van der Waals surface area contributed by atoms with E-state index in [0.29, 0.717) is 22.7 Å². The number of pyridine rings is 1. The topological polar surface area (TPSA) is 106 Å². The van der Waals surface area contributed by atoms with E-state index in [9.17, 15) is 19.2 Å². The lowest BCUT2D eigenvalue weighted by molar-refractivity contribution is 0.0874. The summed E-state index contributed by atoms with van der Waals surface area (Å²) in [6.45, 7) is 0. The number of nitrogens with one attached hydrogen (secondary N) is 1. The van der Waals surface area contributed by atoms with Crippen LogP contribution in [-0.4, -0.2) is 28.6 Å². The molecule has 8 nitrogen and oxygen atoms in total. The van der Waals surface area contributed by atoms with Crippen LogP contribution in [0, 0.1) is 0 Å². The molecular weight excluding hydrogens is 374 g/mol. The maximum absolute atomic E-state index is 12.5. The summed E-state index contributed by atoms with van der Waals surface area (Å²) < 4.78 is 5.73. The monoisotopic (exact) mass is 385 g/mol. The van der Waals surface area contributed by atoms with Crippen molar-refractivity contribution in [3.05, 3.63) is 83.2 Å². The first-order valence-electron chi connectivity index (χ1n) is 8.64. The molecule has 8 heteroatoms. The van der Waals surface area contributed by atoms with E-state index in [1.807, 2.05) is 0 Å². The van der Waals surface area contributed by atoms with E-state index in [2.05, 4.69) is 10.3 Å². The maximum atomic E-state index is 12.5. The Balaban J connectivity index is 1.39. The van der Waals surface area contributed by atoms with Crippen molar-refractivity contribution in [3.8, 4) is 11.5 Å². The van der Waals surface area contributed by atoms with Gasteiger partial charge in [-0.25, -0.2) is 4.90 Å². The number of carbonyl (C=O) groups is 4. The van der Waals surface area contributed by atoms with E-state index < -0.39 is 23.6 Å². The van der Waals surface area contributed by atoms with Crippen molar-refractivity contribution >= 4 is 29.3 Å². The minimum absolute atomic E-state index is 0.129. The zero-order valence-corrected chi connectivity index (χ0v) is 14.7. The Morgan fingerprint density at radius 1 is 0.759 bits per heavy atom. The second kappa shape index (κ2) is 6.10. The fraction of sp³-hybridized carbons (Fsp3) is 0. The van der Waals surface area contributed by atoms with Gasteiger partial charge in [-0.05, 0) is 54.6 Å². The molecule has 140 valence electrons. The number of ether oxygens (including phenoxy) is 1. The third-order valence-electron chi connectivity index (χ3n) is 4.68. The van der Waals surface area contributed by atoms with E-state index in [1.54, 1.807) is 42.5 Å². The summed E-state index contributed by atoms with van der Waals surface area (Å²) in [5.74, 6) is -0.990. The third kappa shape index (κ3) is 2.58. The molecule has 2 aromatic carbocycles. The molecule has 0 saturated heterocycles. The largest absolute Gasteiger partial charge is 0.457 e. The SMILES string of the molecule is O=C1NC(=O)c2cc(Oc3ccc(N4C(=O)c5cccnc5C4=O)cc3)ccc21. The average Bonchev–Trinajstić information content (AvgIpc) is 3.16. The van der Waals surface area contributed by atoms with E-state index in [1.165, 1.54) is 18.3 Å². The van der Waals surface area contributed by atoms with Crippen LogP contribution in [0.1, 0.15) is 41.6 Å². The van der Waals surface area contributed by atoms with Gasteiger partial charge in [0, 0.05) is 6.20 Å². The second-order valence-corrected chi connectivity index (χ2v) is 6.43. The minimum Gasteiger partial charge on any atom is -0.457 e. The van der Waals surface area contributed by atoms with Crippen LogP contribution in [0.4, 0.5) is 5.69 Å². The molecule has 0 bridgehead atoms. The van der Waals surface area contributed by atoms with Gasteiger partial charge in [-0.1, -0.05) is 0 Å². The summed E-state index contributed by atoms with van der Waals surface area (Å²) in [6, 6.07) is 14.1. The molecule has 3 aromatic rings. The van der Waals surface area contributed by atoms with Crippen molar-refractivity contribution in [3.63, 3.8) is 0 Å². The molecule has 29 heavy (non-hydrogen) atoms. The molecule has 3 heterocycles. The number of nitrogens with zero attached hydrogens (tertiary/aromatic N) is 2. The highest BCUT2D eigenvalue weighted by molar-refractivity contribution is 6.33. The van der Waals surface area contributed by atoms with E-state index in [4.69, 9.17) is 4.74 Å². The number of carbonyl (C=O) groups excluding carboxylic acids is 4. The Bertz CT molecular complexity index is 1200. The van der Waals surface area contributed by atoms with Crippen LogP contribution >= 0.6 is 0 Å². The predicted molar refractivity (Wildman–Crippen MR) is 100 cm³/mol. The Kier molecular flexibility index (Phi) is 3.53. The van der Waals surface area contributed by atoms with Gasteiger partial charge in [0.05, 0.1) is 22.4 Å². The van der Waals surface area contributed by atoms with Crippen molar-refractivity contribution in [2.75, 3.05) is 4.90 Å². The van der Waals surface area contributed by atoms with E-state index in [-0.39, 0.29) is 16.8 Å². The number of imide groups is 2. The highest BCUT2D eigenvalue weighted by Crippen LogP contribution is 2.31. The fourth-order valence-electron chi connectivity index (χ4n) is 3.31. The number of fused-ring (bicyclic) bond motifs is 2. The van der Waals surface area contributed by atoms with Crippen LogP contribution in [0.5, 0.6) is 11.5 Å². The Morgan fingerprint density at radius 2 is 1.48 bits per heavy atom. The molecule has 5 rings (SSSR count). The summed E-state index contributed by atoms with van der Waals surface area (Å²) >= 11 is 0. The maximum Gasteiger partial charge on any atom is 0.284 e. The quantitative estimate of drug-likeness (QED) is 0.695. The van der Waals surface area contributed by atoms with Gasteiger partial charge in [0.1, 0.15) is 17.2 Å². The molecule has 4 amide bonds. The van der Waals surface area contributed by atoms with Crippen LogP contribution in [0.25, 0.3) is 0 Å². The van der Waals surface area contributed by atoms with Gasteiger partial charge in [0.15, 0.2) is 0 Å². The lowest BCUT2D eigenvalue weighted by Gasteiger charge is -2.14. The van der Waals surface area contributed by atoms with E-state index >= 15 is 0 Å². The standard InChI is InChI=1S/C21H11N3O5/c25-18-14-8-7-13(10-16(14)19(26)23-18)29-12-5-3-11(4-6-12)24-20(27)15-2-1-9-22-17(15)21(24)28/h1-10H,(H,23,25,26). The molecule has 1 N–H and O–H groups in total. The molecule has 0 fully saturated rings. The number of benzene rings is 2. The van der Waals surface area contributed by atoms with Crippen LogP contribution in [0.15, 0.2) is 60.8 Å². The summed E-state index contributed by atoms with van der Waals surface area (Å²) in [4.78, 5) is 53.4. The molecule has 1 aromatic heterocycles. The first-order valence-corrected chi connectivity index (χ1v) is 8.64. The second-order valence-electron chi connectivity index (χ2n) is 6.43. The highest BCUT2D eigenvalue weighted by atomic mass is 16.5. The van der Waals surface area contributed by atoms with Crippen molar-refractivity contribution in [2.45, 2.75) is 0 Å². The average molecular weight is 385 g/mol. The van der Waals surface area contributed by atoms with Crippen molar-refractivity contribution in [2.24, 2.45) is 0 Å². The molecule has 0 radical (unpaired) electrons. The van der Waals surface area contributed by atoms with Crippen LogP contribution in [0.2, 0.25) is 0 Å². The number of anilines is 1. The van der Waals surface area contributed by atoms with E-state index in [0.717, 1.165) is 4.90 Å². The molecule has 0 aliphatic carbocycles. The lowest BCUT2D eigenvalue weighted by atomic mass is 10.1. The van der Waals surface area contributed by atoms with Gasteiger partial charge in [-0.3, -0.25) is 29.5 Å². The van der Waals surface area contributed by atoms with Crippen molar-refractivity contribution < 1.29 is 23.9 Å². The lowest BCUT2D eigenvalue weighted by Crippen LogP contribution is -2.29. The predicted octanol–water partition coefficient (Wildman–Crippen LogP) is 2.56. The molecule has 0 atom stereocenters. The van der Waals surface area contributed by atoms with Gasteiger partial charge < -0.3 is 4.74 Å². The zero-order chi connectivity index (χ0) is 20.1. The van der Waals surface area contributed by atoms with Gasteiger partial charge in [0.2, 0.25) is 0 Å². The number of rotatable bonds is 3. The first kappa shape index (κ1) is 16.8. The molecule has 0 unspecified atom stereocenters. The molecular formula is C21H11N3O5. The number of hydrogen-bond acceptors (Lipinski definition) is 6. The molecule has 2 aliphatic rings. The van der Waals surface area contributed by atoms with Gasteiger partial charge in [-0.2, -0.15) is 0 Å². The van der Waals surface area contributed by atoms with Crippen molar-refractivity contribution in [1.82, 2.24) is 10.3 Å². The third-order valence-corrected chi connectivity index (χ3v) is 4.68. The Hall–Kier alpha value is -4.33. The van der Waals surface area contributed by atoms with Crippen molar-refractivity contribution in [1.29, 1.82) is 0 Å².